The summed E-state index contributed by atoms with van der Waals surface area (Å²) in [5.74, 6) is -1.21. The van der Waals surface area contributed by atoms with E-state index in [4.69, 9.17) is 14.2 Å². The largest absolute Gasteiger partial charge is 0.489 e. The Bertz CT molecular complexity index is 1410. The number of hydrogen-bond acceptors (Lipinski definition) is 7. The average molecular weight is 657 g/mol. The summed E-state index contributed by atoms with van der Waals surface area (Å²) in [7, 11) is 1.50. The van der Waals surface area contributed by atoms with Crippen molar-refractivity contribution in [1.82, 2.24) is 10.6 Å². The fraction of sp³-hybridized carbons (Fsp3) is 0.359. The van der Waals surface area contributed by atoms with Crippen LogP contribution in [0.5, 0.6) is 5.75 Å². The minimum absolute atomic E-state index is 0.0704. The van der Waals surface area contributed by atoms with Crippen LogP contribution >= 0.6 is 0 Å². The zero-order valence-corrected chi connectivity index (χ0v) is 27.7. The number of carbonyl (C=O) groups excluding carboxylic acids is 3. The van der Waals surface area contributed by atoms with Gasteiger partial charge in [-0.2, -0.15) is 0 Å². The van der Waals surface area contributed by atoms with Crippen LogP contribution in [0.15, 0.2) is 110 Å². The van der Waals surface area contributed by atoms with E-state index in [2.05, 4.69) is 23.8 Å². The fourth-order valence-electron chi connectivity index (χ4n) is 5.20. The number of allylic oxidation sites excluding steroid dienone is 2. The van der Waals surface area contributed by atoms with Crippen LogP contribution in [0.1, 0.15) is 54.9 Å². The predicted molar refractivity (Wildman–Crippen MR) is 186 cm³/mol. The number of aliphatic hydroxyl groups excluding tert-OH is 1. The summed E-state index contributed by atoms with van der Waals surface area (Å²) < 4.78 is 17.2. The van der Waals surface area contributed by atoms with E-state index in [1.807, 2.05) is 84.9 Å². The van der Waals surface area contributed by atoms with E-state index < -0.39 is 36.0 Å². The van der Waals surface area contributed by atoms with Crippen LogP contribution in [0, 0.1) is 5.92 Å². The summed E-state index contributed by atoms with van der Waals surface area (Å²) in [5, 5.41) is 15.9. The lowest BCUT2D eigenvalue weighted by atomic mass is 9.97. The van der Waals surface area contributed by atoms with Gasteiger partial charge in [0.15, 0.2) is 0 Å². The number of methoxy groups -OCH3 is 1. The Kier molecular flexibility index (Phi) is 16.7. The van der Waals surface area contributed by atoms with Crippen LogP contribution in [0.25, 0.3) is 0 Å². The van der Waals surface area contributed by atoms with E-state index in [0.29, 0.717) is 37.2 Å². The lowest BCUT2D eigenvalue weighted by Crippen LogP contribution is -2.47. The van der Waals surface area contributed by atoms with Crippen molar-refractivity contribution in [2.24, 2.45) is 5.92 Å². The van der Waals surface area contributed by atoms with Crippen molar-refractivity contribution in [2.45, 2.75) is 63.3 Å². The summed E-state index contributed by atoms with van der Waals surface area (Å²) >= 11 is 0. The molecule has 2 amide bonds. The molecule has 0 unspecified atom stereocenters. The molecule has 0 aromatic heterocycles. The van der Waals surface area contributed by atoms with Gasteiger partial charge in [-0.25, -0.2) is 0 Å². The molecular weight excluding hydrogens is 608 g/mol. The summed E-state index contributed by atoms with van der Waals surface area (Å²) in [4.78, 5) is 39.5. The van der Waals surface area contributed by atoms with Gasteiger partial charge < -0.3 is 30.0 Å². The molecule has 0 saturated carbocycles. The Morgan fingerprint density at radius 2 is 1.56 bits per heavy atom. The average Bonchev–Trinajstić information content (AvgIpc) is 3.10. The highest BCUT2D eigenvalue weighted by atomic mass is 16.5. The Morgan fingerprint density at radius 1 is 0.875 bits per heavy atom. The van der Waals surface area contributed by atoms with Gasteiger partial charge in [-0.15, -0.1) is 13.2 Å². The Balaban J connectivity index is 1.61. The molecule has 256 valence electrons. The van der Waals surface area contributed by atoms with E-state index in [-0.39, 0.29) is 38.4 Å². The third-order valence-corrected chi connectivity index (χ3v) is 7.71. The molecule has 3 aromatic rings. The number of unbranched alkanes of at least 4 members (excludes halogenated alkanes) is 1. The molecule has 0 bridgehead atoms. The van der Waals surface area contributed by atoms with Crippen LogP contribution in [-0.2, 0) is 36.9 Å². The monoisotopic (exact) mass is 656 g/mol. The number of benzene rings is 3. The molecule has 9 nitrogen and oxygen atoms in total. The van der Waals surface area contributed by atoms with E-state index in [9.17, 15) is 19.5 Å². The van der Waals surface area contributed by atoms with Crippen LogP contribution in [-0.4, -0.2) is 55.3 Å². The molecule has 0 aliphatic carbocycles. The van der Waals surface area contributed by atoms with Crippen LogP contribution in [0.3, 0.4) is 0 Å². The quantitative estimate of drug-likeness (QED) is 0.0727. The Morgan fingerprint density at radius 3 is 2.19 bits per heavy atom. The summed E-state index contributed by atoms with van der Waals surface area (Å²) in [6.07, 6.45) is 4.53. The number of hydrogen-bond donors (Lipinski definition) is 3. The number of esters is 1. The second-order valence-electron chi connectivity index (χ2n) is 11.6. The van der Waals surface area contributed by atoms with Gasteiger partial charge in [0.05, 0.1) is 31.2 Å². The molecule has 0 saturated heterocycles. The second-order valence-corrected chi connectivity index (χ2v) is 11.6. The van der Waals surface area contributed by atoms with Gasteiger partial charge in [0.25, 0.3) is 0 Å². The van der Waals surface area contributed by atoms with Gasteiger partial charge in [-0.05, 0) is 54.5 Å². The maximum Gasteiger partial charge on any atom is 0.306 e. The third kappa shape index (κ3) is 13.2. The van der Waals surface area contributed by atoms with Gasteiger partial charge >= 0.3 is 5.97 Å². The van der Waals surface area contributed by atoms with Crippen molar-refractivity contribution in [1.29, 1.82) is 0 Å². The summed E-state index contributed by atoms with van der Waals surface area (Å²) in [5.41, 5.74) is 2.68. The van der Waals surface area contributed by atoms with Crippen molar-refractivity contribution >= 4 is 17.8 Å². The fourth-order valence-corrected chi connectivity index (χ4v) is 5.20. The molecule has 0 aliphatic heterocycles. The molecule has 4 atom stereocenters. The zero-order valence-electron chi connectivity index (χ0n) is 27.7. The van der Waals surface area contributed by atoms with Crippen molar-refractivity contribution in [3.63, 3.8) is 0 Å². The first-order valence-electron chi connectivity index (χ1n) is 16.3. The van der Waals surface area contributed by atoms with Crippen LogP contribution < -0.4 is 15.4 Å². The van der Waals surface area contributed by atoms with E-state index in [0.717, 1.165) is 11.1 Å². The molecule has 0 fully saturated rings. The lowest BCUT2D eigenvalue weighted by molar-refractivity contribution is -0.153. The van der Waals surface area contributed by atoms with Gasteiger partial charge in [0.2, 0.25) is 11.8 Å². The van der Waals surface area contributed by atoms with Crippen molar-refractivity contribution in [3.8, 4) is 5.75 Å². The molecular formula is C39H48N2O7. The van der Waals surface area contributed by atoms with Crippen LogP contribution in [0.2, 0.25) is 0 Å². The van der Waals surface area contributed by atoms with E-state index in [1.54, 1.807) is 12.2 Å². The molecule has 9 heteroatoms. The Hall–Kier alpha value is -4.73. The molecule has 48 heavy (non-hydrogen) atoms. The normalized spacial score (nSPS) is 13.3. The standard InChI is InChI=1S/C39H48N2O7/c1-4-6-9-19-37(44)48-38(31-17-12-8-13-18-31)35(28-46-3)41-39(45)32(14-5-2)25-36(43)40-33(26-42)24-29-20-22-34(23-21-29)47-27-30-15-10-7-11-16-30/h4-5,7-8,10-13,15-18,20-23,32-33,35,38,42H,1-2,6,9,14,19,24-28H2,3H3,(H,40,43)(H,41,45)/t32-,33-,35-,38-/m0/s1. The highest BCUT2D eigenvalue weighted by molar-refractivity contribution is 5.86. The lowest BCUT2D eigenvalue weighted by Gasteiger charge is -2.29. The number of carbonyl (C=O) groups is 3. The highest BCUT2D eigenvalue weighted by Gasteiger charge is 2.31. The molecule has 0 spiro atoms. The molecule has 3 aromatic carbocycles. The van der Waals surface area contributed by atoms with Crippen molar-refractivity contribution in [2.75, 3.05) is 20.3 Å². The minimum Gasteiger partial charge on any atom is -0.489 e. The minimum atomic E-state index is -0.807. The van der Waals surface area contributed by atoms with Crippen molar-refractivity contribution in [3.05, 3.63) is 127 Å². The molecule has 0 radical (unpaired) electrons. The van der Waals surface area contributed by atoms with Gasteiger partial charge in [-0.1, -0.05) is 84.9 Å². The van der Waals surface area contributed by atoms with Gasteiger partial charge in [0, 0.05) is 20.0 Å². The van der Waals surface area contributed by atoms with Crippen molar-refractivity contribution < 1.29 is 33.7 Å². The number of rotatable bonds is 22. The smallest absolute Gasteiger partial charge is 0.306 e. The van der Waals surface area contributed by atoms with E-state index in [1.165, 1.54) is 7.11 Å². The maximum absolute atomic E-state index is 13.6. The number of amides is 2. The predicted octanol–water partition coefficient (Wildman–Crippen LogP) is 5.64. The summed E-state index contributed by atoms with van der Waals surface area (Å²) in [6, 6.07) is 25.3. The Labute approximate surface area is 284 Å². The number of nitrogens with one attached hydrogen (secondary N) is 2. The topological polar surface area (TPSA) is 123 Å². The SMILES string of the molecule is C=CCCCC(=O)O[C@@H](c1ccccc1)[C@H](COC)NC(=O)[C@@H](CC=C)CC(=O)N[C@H](CO)Cc1ccc(OCc2ccccc2)cc1. The van der Waals surface area contributed by atoms with Crippen LogP contribution in [0.4, 0.5) is 0 Å². The second kappa shape index (κ2) is 21.2. The van der Waals surface area contributed by atoms with Gasteiger partial charge in [0.1, 0.15) is 18.5 Å². The molecule has 3 rings (SSSR count). The summed E-state index contributed by atoms with van der Waals surface area (Å²) in [6.45, 7) is 7.71. The first-order chi connectivity index (χ1) is 23.4. The molecule has 0 aliphatic rings. The zero-order chi connectivity index (χ0) is 34.6. The number of ether oxygens (including phenoxy) is 3. The highest BCUT2D eigenvalue weighted by Crippen LogP contribution is 2.24. The molecule has 3 N–H and O–H groups in total. The van der Waals surface area contributed by atoms with E-state index >= 15 is 0 Å². The first-order valence-corrected chi connectivity index (χ1v) is 16.3. The molecule has 0 heterocycles. The number of aliphatic hydroxyl groups is 1. The maximum atomic E-state index is 13.6. The van der Waals surface area contributed by atoms with Gasteiger partial charge in [-0.3, -0.25) is 14.4 Å². The first kappa shape index (κ1) is 37.7. The third-order valence-electron chi connectivity index (χ3n) is 7.71.